The third kappa shape index (κ3) is 3.83. The Labute approximate surface area is 185 Å². The number of amides is 2. The number of nitrogens with zero attached hydrogens (tertiary/aromatic N) is 1. The lowest BCUT2D eigenvalue weighted by molar-refractivity contribution is -0.123. The Morgan fingerprint density at radius 2 is 1.94 bits per heavy atom. The van der Waals surface area contributed by atoms with Gasteiger partial charge in [-0.3, -0.25) is 19.4 Å². The van der Waals surface area contributed by atoms with Crippen LogP contribution in [0.4, 0.5) is 23.1 Å². The second kappa shape index (κ2) is 7.89. The maximum atomic E-state index is 13.0. The fourth-order valence-electron chi connectivity index (χ4n) is 3.56. The molecule has 10 nitrogen and oxygen atoms in total. The summed E-state index contributed by atoms with van der Waals surface area (Å²) in [7, 11) is 0. The number of hydrogen-bond acceptors (Lipinski definition) is 7. The summed E-state index contributed by atoms with van der Waals surface area (Å²) in [6.07, 6.45) is -0.185. The van der Waals surface area contributed by atoms with E-state index < -0.39 is 23.3 Å². The Bertz CT molecular complexity index is 1310. The van der Waals surface area contributed by atoms with Gasteiger partial charge < -0.3 is 25.4 Å². The van der Waals surface area contributed by atoms with E-state index in [9.17, 15) is 14.4 Å². The highest BCUT2D eigenvalue weighted by molar-refractivity contribution is 6.30. The first-order valence-electron chi connectivity index (χ1n) is 9.63. The fraction of sp³-hybridized carbons (Fsp3) is 0.143. The number of hydrogen-bond donors (Lipinski definition) is 4. The summed E-state index contributed by atoms with van der Waals surface area (Å²) in [5, 5.41) is 8.73. The molecule has 5 rings (SSSR count). The molecule has 0 aliphatic carbocycles. The Morgan fingerprint density at radius 3 is 2.78 bits per heavy atom. The van der Waals surface area contributed by atoms with Crippen molar-refractivity contribution in [3.05, 3.63) is 63.4 Å². The molecule has 32 heavy (non-hydrogen) atoms. The van der Waals surface area contributed by atoms with Gasteiger partial charge >= 0.3 is 0 Å². The topological polar surface area (TPSA) is 134 Å². The van der Waals surface area contributed by atoms with Crippen LogP contribution in [0, 0.1) is 0 Å². The van der Waals surface area contributed by atoms with E-state index in [4.69, 9.17) is 21.1 Å². The van der Waals surface area contributed by atoms with Gasteiger partial charge in [-0.2, -0.15) is 4.98 Å². The number of nitrogens with one attached hydrogen (secondary N) is 4. The molecule has 0 fully saturated rings. The largest absolute Gasteiger partial charge is 0.454 e. The van der Waals surface area contributed by atoms with Gasteiger partial charge in [-0.1, -0.05) is 17.7 Å². The lowest BCUT2D eigenvalue weighted by Crippen LogP contribution is -2.36. The molecule has 11 heteroatoms. The van der Waals surface area contributed by atoms with E-state index in [1.807, 2.05) is 0 Å². The van der Waals surface area contributed by atoms with Crippen LogP contribution in [0.25, 0.3) is 0 Å². The zero-order valence-corrected chi connectivity index (χ0v) is 17.2. The average Bonchev–Trinajstić information content (AvgIpc) is 3.20. The molecule has 0 spiro atoms. The molecule has 3 heterocycles. The molecule has 1 unspecified atom stereocenters. The Morgan fingerprint density at radius 1 is 1.09 bits per heavy atom. The zero-order valence-electron chi connectivity index (χ0n) is 16.4. The average molecular weight is 454 g/mol. The van der Waals surface area contributed by atoms with Crippen LogP contribution < -0.4 is 31.0 Å². The second-order valence-corrected chi connectivity index (χ2v) is 7.61. The molecule has 2 aliphatic rings. The van der Waals surface area contributed by atoms with Crippen molar-refractivity contribution in [1.29, 1.82) is 0 Å². The third-order valence-corrected chi connectivity index (χ3v) is 5.23. The number of carbonyl (C=O) groups is 2. The van der Waals surface area contributed by atoms with E-state index >= 15 is 0 Å². The van der Waals surface area contributed by atoms with Gasteiger partial charge in [-0.25, -0.2) is 0 Å². The van der Waals surface area contributed by atoms with Crippen LogP contribution in [0.15, 0.2) is 47.3 Å². The van der Waals surface area contributed by atoms with E-state index in [1.54, 1.807) is 42.5 Å². The molecule has 2 aliphatic heterocycles. The van der Waals surface area contributed by atoms with Crippen LogP contribution in [-0.4, -0.2) is 28.6 Å². The first-order valence-corrected chi connectivity index (χ1v) is 10.0. The van der Waals surface area contributed by atoms with E-state index in [-0.39, 0.29) is 30.5 Å². The van der Waals surface area contributed by atoms with Gasteiger partial charge in [0.05, 0.1) is 11.5 Å². The molecule has 2 amide bonds. The standard InChI is InChI=1S/C21H16ClN5O5/c22-10-2-1-3-11(6-10)24-21-26-18-17(20(30)27-21)13(8-16(28)25-18)19(29)23-12-4-5-14-15(7-12)32-9-31-14/h1-7,13H,8-9H2,(H,23,29)(H3,24,25,26,27,28,30). The van der Waals surface area contributed by atoms with Crippen molar-refractivity contribution < 1.29 is 19.1 Å². The lowest BCUT2D eigenvalue weighted by atomic mass is 9.92. The van der Waals surface area contributed by atoms with Crippen LogP contribution in [-0.2, 0) is 9.59 Å². The normalized spacial score (nSPS) is 16.2. The van der Waals surface area contributed by atoms with Gasteiger partial charge in [-0.15, -0.1) is 0 Å². The first kappa shape index (κ1) is 19.9. The van der Waals surface area contributed by atoms with E-state index in [1.165, 1.54) is 0 Å². The van der Waals surface area contributed by atoms with Crippen LogP contribution in [0.2, 0.25) is 5.02 Å². The number of aromatic nitrogens is 2. The molecule has 1 atom stereocenters. The number of halogens is 1. The highest BCUT2D eigenvalue weighted by Gasteiger charge is 2.35. The minimum Gasteiger partial charge on any atom is -0.454 e. The summed E-state index contributed by atoms with van der Waals surface area (Å²) < 4.78 is 10.6. The quantitative estimate of drug-likeness (QED) is 0.477. The predicted octanol–water partition coefficient (Wildman–Crippen LogP) is 2.96. The fourth-order valence-corrected chi connectivity index (χ4v) is 3.75. The number of rotatable bonds is 4. The number of aromatic amines is 1. The molecule has 1 aromatic heterocycles. The number of H-pyrrole nitrogens is 1. The van der Waals surface area contributed by atoms with Gasteiger partial charge in [0.15, 0.2) is 11.5 Å². The first-order chi connectivity index (χ1) is 15.5. The van der Waals surface area contributed by atoms with Crippen molar-refractivity contribution in [3.8, 4) is 11.5 Å². The maximum Gasteiger partial charge on any atom is 0.258 e. The zero-order chi connectivity index (χ0) is 22.2. The summed E-state index contributed by atoms with van der Waals surface area (Å²) in [6, 6.07) is 11.8. The summed E-state index contributed by atoms with van der Waals surface area (Å²) >= 11 is 5.98. The van der Waals surface area contributed by atoms with Crippen molar-refractivity contribution in [2.45, 2.75) is 12.3 Å². The molecule has 0 bridgehead atoms. The molecule has 2 aromatic carbocycles. The third-order valence-electron chi connectivity index (χ3n) is 5.00. The van der Waals surface area contributed by atoms with Crippen LogP contribution in [0.3, 0.4) is 0 Å². The molecule has 0 saturated carbocycles. The van der Waals surface area contributed by atoms with E-state index in [0.717, 1.165) is 0 Å². The van der Waals surface area contributed by atoms with Gasteiger partial charge in [-0.05, 0) is 30.3 Å². The maximum absolute atomic E-state index is 13.0. The number of carbonyl (C=O) groups excluding carboxylic acids is 2. The van der Waals surface area contributed by atoms with E-state index in [0.29, 0.717) is 27.9 Å². The number of anilines is 4. The number of benzene rings is 2. The van der Waals surface area contributed by atoms with Crippen molar-refractivity contribution >= 4 is 46.6 Å². The van der Waals surface area contributed by atoms with Crippen molar-refractivity contribution in [1.82, 2.24) is 9.97 Å². The SMILES string of the molecule is O=C1CC(C(=O)Nc2ccc3c(c2)OCO3)c2c(nc(Nc3cccc(Cl)c3)[nH]c2=O)N1. The highest BCUT2D eigenvalue weighted by Crippen LogP contribution is 2.35. The summed E-state index contributed by atoms with van der Waals surface area (Å²) in [5.41, 5.74) is 0.597. The molecule has 4 N–H and O–H groups in total. The minimum absolute atomic E-state index is 0.0281. The van der Waals surface area contributed by atoms with Crippen molar-refractivity contribution in [2.24, 2.45) is 0 Å². The number of fused-ring (bicyclic) bond motifs is 2. The van der Waals surface area contributed by atoms with Gasteiger partial charge in [0.2, 0.25) is 24.6 Å². The Hall–Kier alpha value is -4.05. The monoisotopic (exact) mass is 453 g/mol. The smallest absolute Gasteiger partial charge is 0.258 e. The molecular formula is C21H16ClN5O5. The molecule has 0 radical (unpaired) electrons. The van der Waals surface area contributed by atoms with E-state index in [2.05, 4.69) is 25.9 Å². The predicted molar refractivity (Wildman–Crippen MR) is 117 cm³/mol. The summed E-state index contributed by atoms with van der Waals surface area (Å²) in [4.78, 5) is 45.0. The minimum atomic E-state index is -1.01. The second-order valence-electron chi connectivity index (χ2n) is 7.17. The molecule has 0 saturated heterocycles. The van der Waals surface area contributed by atoms with Gasteiger partial charge in [0, 0.05) is 28.9 Å². The van der Waals surface area contributed by atoms with Crippen molar-refractivity contribution in [2.75, 3.05) is 22.7 Å². The van der Waals surface area contributed by atoms with Crippen LogP contribution in [0.5, 0.6) is 11.5 Å². The summed E-state index contributed by atoms with van der Waals surface area (Å²) in [6.45, 7) is 0.107. The molecule has 3 aromatic rings. The lowest BCUT2D eigenvalue weighted by Gasteiger charge is -2.23. The summed E-state index contributed by atoms with van der Waals surface area (Å²) in [5.74, 6) is -0.737. The van der Waals surface area contributed by atoms with Crippen LogP contribution in [0.1, 0.15) is 17.9 Å². The Balaban J connectivity index is 1.42. The number of ether oxygens (including phenoxy) is 2. The Kier molecular flexibility index (Phi) is 4.91. The van der Waals surface area contributed by atoms with Gasteiger partial charge in [0.25, 0.3) is 5.56 Å². The highest BCUT2D eigenvalue weighted by atomic mass is 35.5. The van der Waals surface area contributed by atoms with Crippen LogP contribution >= 0.6 is 11.6 Å². The van der Waals surface area contributed by atoms with Gasteiger partial charge in [0.1, 0.15) is 5.82 Å². The molecular weight excluding hydrogens is 438 g/mol. The van der Waals surface area contributed by atoms with Crippen molar-refractivity contribution in [3.63, 3.8) is 0 Å². The molecule has 162 valence electrons.